The van der Waals surface area contributed by atoms with Gasteiger partial charge >= 0.3 is 23.9 Å². The van der Waals surface area contributed by atoms with E-state index in [1.807, 2.05) is 6.92 Å². The summed E-state index contributed by atoms with van der Waals surface area (Å²) in [4.78, 5) is 26.5. The summed E-state index contributed by atoms with van der Waals surface area (Å²) in [6, 6.07) is 4.54. The van der Waals surface area contributed by atoms with Crippen LogP contribution in [0.2, 0.25) is 0 Å². The largest absolute Gasteiger partial charge is 0.411 e. The van der Waals surface area contributed by atoms with E-state index < -0.39 is 17.3 Å². The highest BCUT2D eigenvalue weighted by Crippen LogP contribution is 2.26. The van der Waals surface area contributed by atoms with Gasteiger partial charge in [-0.15, -0.1) is 4.57 Å². The minimum Gasteiger partial charge on any atom is -0.411 e. The van der Waals surface area contributed by atoms with E-state index in [1.165, 1.54) is 18.7 Å². The molecule has 1 aliphatic rings. The molecule has 1 aromatic heterocycles. The van der Waals surface area contributed by atoms with Crippen molar-refractivity contribution in [1.29, 1.82) is 0 Å². The molecule has 5 nitrogen and oxygen atoms in total. The highest BCUT2D eigenvalue weighted by molar-refractivity contribution is 9.10. The molecule has 0 fully saturated rings. The van der Waals surface area contributed by atoms with E-state index >= 15 is 0 Å². The van der Waals surface area contributed by atoms with Crippen molar-refractivity contribution < 1.29 is 23.0 Å². The molecule has 0 radical (unpaired) electrons. The van der Waals surface area contributed by atoms with E-state index in [-0.39, 0.29) is 23.7 Å². The van der Waals surface area contributed by atoms with Crippen molar-refractivity contribution in [2.45, 2.75) is 32.4 Å². The summed E-state index contributed by atoms with van der Waals surface area (Å²) in [5.41, 5.74) is -0.362. The molecule has 120 valence electrons. The Morgan fingerprint density at radius 1 is 1.39 bits per heavy atom. The van der Waals surface area contributed by atoms with Gasteiger partial charge in [-0.3, -0.25) is 14.5 Å². The van der Waals surface area contributed by atoms with Crippen molar-refractivity contribution in [3.05, 3.63) is 52.4 Å². The maximum atomic E-state index is 14.1. The van der Waals surface area contributed by atoms with Crippen molar-refractivity contribution in [2.75, 3.05) is 0 Å². The first kappa shape index (κ1) is 15.9. The quantitative estimate of drug-likeness (QED) is 0.606. The fourth-order valence-electron chi connectivity index (χ4n) is 2.71. The Morgan fingerprint density at radius 2 is 2.13 bits per heavy atom. The van der Waals surface area contributed by atoms with Gasteiger partial charge in [0.15, 0.2) is 6.26 Å². The number of carbonyl (C=O) groups excluding carboxylic acids is 2. The predicted octanol–water partition coefficient (Wildman–Crippen LogP) is 2.78. The molecule has 3 rings (SSSR count). The Hall–Kier alpha value is -2.02. The number of imide groups is 1. The number of aromatic nitrogens is 1. The van der Waals surface area contributed by atoms with Crippen LogP contribution in [0.15, 0.2) is 39.7 Å². The van der Waals surface area contributed by atoms with E-state index in [0.717, 1.165) is 4.90 Å². The molecule has 0 saturated heterocycles. The molecule has 1 aromatic carbocycles. The molecular formula is C16H15BrFN2O3+. The van der Waals surface area contributed by atoms with Gasteiger partial charge in [-0.25, -0.2) is 4.39 Å². The number of nitrogens with zero attached hydrogens (tertiary/aromatic N) is 2. The highest BCUT2D eigenvalue weighted by Gasteiger charge is 2.55. The Bertz CT molecular complexity index is 804. The molecule has 1 atom stereocenters. The van der Waals surface area contributed by atoms with E-state index in [9.17, 15) is 14.0 Å². The molecule has 2 aromatic rings. The van der Waals surface area contributed by atoms with Crippen LogP contribution >= 0.6 is 15.9 Å². The van der Waals surface area contributed by atoms with Gasteiger partial charge in [-0.1, -0.05) is 28.9 Å². The maximum Gasteiger partial charge on any atom is 0.336 e. The lowest BCUT2D eigenvalue weighted by Gasteiger charge is -2.31. The fraction of sp³-hybridized carbons (Fsp3) is 0.312. The van der Waals surface area contributed by atoms with Gasteiger partial charge in [-0.2, -0.15) is 0 Å². The summed E-state index contributed by atoms with van der Waals surface area (Å²) >= 11 is 3.19. The molecule has 2 amide bonds. The number of hydrogen-bond donors (Lipinski definition) is 0. The van der Waals surface area contributed by atoms with Crippen LogP contribution in [-0.4, -0.2) is 16.7 Å². The summed E-state index contributed by atoms with van der Waals surface area (Å²) < 4.78 is 21.3. The zero-order valence-electron chi connectivity index (χ0n) is 12.7. The maximum absolute atomic E-state index is 14.1. The van der Waals surface area contributed by atoms with Crippen molar-refractivity contribution in [3.8, 4) is 0 Å². The Morgan fingerprint density at radius 3 is 2.78 bits per heavy atom. The van der Waals surface area contributed by atoms with Gasteiger partial charge in [-0.05, 0) is 12.1 Å². The minimum absolute atomic E-state index is 0.114. The average molecular weight is 382 g/mol. The van der Waals surface area contributed by atoms with E-state index in [4.69, 9.17) is 4.42 Å². The van der Waals surface area contributed by atoms with Gasteiger partial charge in [0.25, 0.3) is 0 Å². The number of amides is 2. The van der Waals surface area contributed by atoms with Crippen LogP contribution in [-0.2, 0) is 16.9 Å². The first-order valence-electron chi connectivity index (χ1n) is 7.17. The third-order valence-corrected chi connectivity index (χ3v) is 4.83. The lowest BCUT2D eigenvalue weighted by molar-refractivity contribution is -0.753. The van der Waals surface area contributed by atoms with Gasteiger partial charge in [0, 0.05) is 23.4 Å². The van der Waals surface area contributed by atoms with Crippen LogP contribution in [0, 0.1) is 5.82 Å². The van der Waals surface area contributed by atoms with Gasteiger partial charge in [0.1, 0.15) is 5.82 Å². The molecule has 1 aliphatic heterocycles. The second-order valence-electron chi connectivity index (χ2n) is 5.67. The van der Waals surface area contributed by atoms with Gasteiger partial charge in [0.2, 0.25) is 5.54 Å². The number of halogens is 2. The van der Waals surface area contributed by atoms with E-state index in [2.05, 4.69) is 15.9 Å². The smallest absolute Gasteiger partial charge is 0.336 e. The van der Waals surface area contributed by atoms with Crippen LogP contribution in [0.1, 0.15) is 36.3 Å². The third kappa shape index (κ3) is 2.39. The standard InChI is InChI=1S/C16H15BrFN2O3/c1-3-16(2)15(22)19(14(21)13-8-23-9-20(13)16)7-10-4-5-11(17)6-12(10)18/h4-6,8-9H,3,7H2,1-2H3/q+1/t16-/m1/s1. The topological polar surface area (TPSA) is 54.4 Å². The first-order chi connectivity index (χ1) is 10.9. The second-order valence-corrected chi connectivity index (χ2v) is 6.59. The molecule has 0 bridgehead atoms. The Balaban J connectivity index is 2.03. The summed E-state index contributed by atoms with van der Waals surface area (Å²) in [6.07, 6.45) is 3.16. The van der Waals surface area contributed by atoms with Crippen molar-refractivity contribution >= 4 is 27.7 Å². The average Bonchev–Trinajstić information content (AvgIpc) is 3.01. The van der Waals surface area contributed by atoms with Crippen molar-refractivity contribution in [3.63, 3.8) is 0 Å². The van der Waals surface area contributed by atoms with E-state index in [0.29, 0.717) is 10.9 Å². The lowest BCUT2D eigenvalue weighted by Crippen LogP contribution is -2.69. The van der Waals surface area contributed by atoms with Crippen LogP contribution in [0.25, 0.3) is 0 Å². The first-order valence-corrected chi connectivity index (χ1v) is 7.96. The Labute approximate surface area is 140 Å². The number of rotatable bonds is 3. The van der Waals surface area contributed by atoms with Crippen LogP contribution in [0.3, 0.4) is 0 Å². The molecule has 0 N–H and O–H groups in total. The van der Waals surface area contributed by atoms with Crippen molar-refractivity contribution in [1.82, 2.24) is 4.90 Å². The molecular weight excluding hydrogens is 367 g/mol. The number of oxazole rings is 1. The van der Waals surface area contributed by atoms with Crippen molar-refractivity contribution in [2.24, 2.45) is 0 Å². The van der Waals surface area contributed by atoms with Crippen LogP contribution < -0.4 is 4.57 Å². The van der Waals surface area contributed by atoms with Crippen LogP contribution in [0.5, 0.6) is 0 Å². The lowest BCUT2D eigenvalue weighted by atomic mass is 9.93. The zero-order valence-corrected chi connectivity index (χ0v) is 14.3. The van der Waals surface area contributed by atoms with E-state index in [1.54, 1.807) is 23.6 Å². The Kier molecular flexibility index (Phi) is 3.83. The summed E-state index contributed by atoms with van der Waals surface area (Å²) in [5, 5.41) is 0. The number of hydrogen-bond acceptors (Lipinski definition) is 3. The zero-order chi connectivity index (χ0) is 16.8. The molecule has 2 heterocycles. The minimum atomic E-state index is -0.928. The van der Waals surface area contributed by atoms with Gasteiger partial charge in [0.05, 0.1) is 6.54 Å². The molecule has 23 heavy (non-hydrogen) atoms. The monoisotopic (exact) mass is 381 g/mol. The highest BCUT2D eigenvalue weighted by atomic mass is 79.9. The fourth-order valence-corrected chi connectivity index (χ4v) is 3.05. The summed E-state index contributed by atoms with van der Waals surface area (Å²) in [6.45, 7) is 3.49. The molecule has 0 aliphatic carbocycles. The number of fused-ring (bicyclic) bond motifs is 1. The number of benzene rings is 1. The molecule has 0 saturated carbocycles. The molecule has 0 spiro atoms. The number of carbonyl (C=O) groups is 2. The van der Waals surface area contributed by atoms with Gasteiger partial charge < -0.3 is 4.42 Å². The SMILES string of the molecule is CC[C@]1(C)C(=O)N(Cc2ccc(Br)cc2F)C(=O)c2coc[n+]21. The normalized spacial score (nSPS) is 20.8. The summed E-state index contributed by atoms with van der Waals surface area (Å²) in [5.74, 6) is -1.33. The second kappa shape index (κ2) is 5.56. The third-order valence-electron chi connectivity index (χ3n) is 4.34. The van der Waals surface area contributed by atoms with Crippen LogP contribution in [0.4, 0.5) is 4.39 Å². The summed E-state index contributed by atoms with van der Waals surface area (Å²) in [7, 11) is 0. The predicted molar refractivity (Wildman–Crippen MR) is 81.8 cm³/mol. The molecule has 7 heteroatoms. The molecule has 0 unspecified atom stereocenters.